The second kappa shape index (κ2) is 10.3. The standard InChI is InChI=1S/C27H27ClFN7O2/c1-15(29)26(37)32-21-9-22(24(38-4)10-23(21)36-13-16(14-36)35(2)3)33-27-31-12-19(28)25(34-27)18-11-30-20-8-6-5-7-17(18)20/h5-12,16,30H,1,13-14H2,2-4H3,(H,32,37)(H,31,33,34). The number of benzene rings is 2. The molecule has 38 heavy (non-hydrogen) atoms. The predicted molar refractivity (Wildman–Crippen MR) is 149 cm³/mol. The number of methoxy groups -OCH3 is 1. The largest absolute Gasteiger partial charge is 0.494 e. The van der Waals surface area contributed by atoms with Gasteiger partial charge in [0.05, 0.1) is 41.1 Å². The van der Waals surface area contributed by atoms with E-state index in [2.05, 4.69) is 42.0 Å². The Balaban J connectivity index is 1.51. The number of nitrogens with zero attached hydrogens (tertiary/aromatic N) is 4. The Kier molecular flexibility index (Phi) is 6.92. The Morgan fingerprint density at radius 1 is 1.26 bits per heavy atom. The number of aromatic amines is 1. The number of para-hydroxylation sites is 1. The zero-order valence-electron chi connectivity index (χ0n) is 21.2. The average molecular weight is 536 g/mol. The summed E-state index contributed by atoms with van der Waals surface area (Å²) in [7, 11) is 5.58. The van der Waals surface area contributed by atoms with Gasteiger partial charge in [0, 0.05) is 47.9 Å². The van der Waals surface area contributed by atoms with Crippen LogP contribution in [0.15, 0.2) is 61.2 Å². The van der Waals surface area contributed by atoms with E-state index in [0.717, 1.165) is 29.6 Å². The number of carbonyl (C=O) groups is 1. The highest BCUT2D eigenvalue weighted by molar-refractivity contribution is 6.33. The summed E-state index contributed by atoms with van der Waals surface area (Å²) < 4.78 is 19.2. The topological polar surface area (TPSA) is 98.4 Å². The zero-order chi connectivity index (χ0) is 27.0. The Morgan fingerprint density at radius 3 is 2.74 bits per heavy atom. The van der Waals surface area contributed by atoms with Crippen molar-refractivity contribution < 1.29 is 13.9 Å². The van der Waals surface area contributed by atoms with Gasteiger partial charge in [0.25, 0.3) is 5.91 Å². The summed E-state index contributed by atoms with van der Waals surface area (Å²) in [6.07, 6.45) is 3.37. The SMILES string of the molecule is C=C(F)C(=O)Nc1cc(Nc2ncc(Cl)c(-c3c[nH]c4ccccc34)n2)c(OC)cc1N1CC(N(C)C)C1. The van der Waals surface area contributed by atoms with Crippen LogP contribution in [0.4, 0.5) is 27.4 Å². The third kappa shape index (κ3) is 4.88. The first-order valence-electron chi connectivity index (χ1n) is 11.9. The van der Waals surface area contributed by atoms with Crippen LogP contribution in [0.5, 0.6) is 5.75 Å². The molecule has 0 spiro atoms. The maximum atomic E-state index is 13.6. The minimum atomic E-state index is -1.08. The van der Waals surface area contributed by atoms with Crippen LogP contribution in [0.25, 0.3) is 22.2 Å². The molecule has 196 valence electrons. The maximum Gasteiger partial charge on any atom is 0.283 e. The first kappa shape index (κ1) is 25.5. The van der Waals surface area contributed by atoms with Crippen molar-refractivity contribution in [3.63, 3.8) is 0 Å². The number of aromatic nitrogens is 3. The van der Waals surface area contributed by atoms with Crippen LogP contribution in [0.2, 0.25) is 5.02 Å². The molecular weight excluding hydrogens is 509 g/mol. The van der Waals surface area contributed by atoms with E-state index in [-0.39, 0.29) is 5.95 Å². The summed E-state index contributed by atoms with van der Waals surface area (Å²) in [5.41, 5.74) is 3.93. The first-order valence-corrected chi connectivity index (χ1v) is 12.3. The average Bonchev–Trinajstić information content (AvgIpc) is 3.29. The van der Waals surface area contributed by atoms with Gasteiger partial charge in [-0.1, -0.05) is 36.4 Å². The van der Waals surface area contributed by atoms with Gasteiger partial charge in [0.2, 0.25) is 5.95 Å². The lowest BCUT2D eigenvalue weighted by Gasteiger charge is -2.45. The minimum Gasteiger partial charge on any atom is -0.494 e. The molecule has 1 amide bonds. The van der Waals surface area contributed by atoms with Gasteiger partial charge in [-0.25, -0.2) is 14.4 Å². The van der Waals surface area contributed by atoms with Gasteiger partial charge >= 0.3 is 0 Å². The molecule has 1 aliphatic heterocycles. The molecular formula is C27H27ClFN7O2. The Hall–Kier alpha value is -4.15. The van der Waals surface area contributed by atoms with E-state index in [1.165, 1.54) is 6.20 Å². The number of rotatable bonds is 8. The van der Waals surface area contributed by atoms with Crippen LogP contribution in [0.3, 0.4) is 0 Å². The lowest BCUT2D eigenvalue weighted by Crippen LogP contribution is -2.57. The molecule has 2 aromatic carbocycles. The van der Waals surface area contributed by atoms with Crippen molar-refractivity contribution in [2.24, 2.45) is 0 Å². The molecule has 9 nitrogen and oxygen atoms in total. The molecule has 3 heterocycles. The number of fused-ring (bicyclic) bond motifs is 1. The molecule has 0 saturated carbocycles. The number of carbonyl (C=O) groups excluding carboxylic acids is 1. The van der Waals surface area contributed by atoms with Crippen LogP contribution < -0.4 is 20.3 Å². The molecule has 0 radical (unpaired) electrons. The van der Waals surface area contributed by atoms with Crippen molar-refractivity contribution in [2.75, 3.05) is 49.8 Å². The lowest BCUT2D eigenvalue weighted by molar-refractivity contribution is -0.114. The Morgan fingerprint density at radius 2 is 2.03 bits per heavy atom. The number of hydrogen-bond donors (Lipinski definition) is 3. The zero-order valence-corrected chi connectivity index (χ0v) is 21.9. The van der Waals surface area contributed by atoms with E-state index in [4.69, 9.17) is 16.3 Å². The fourth-order valence-electron chi connectivity index (χ4n) is 4.37. The van der Waals surface area contributed by atoms with E-state index in [1.54, 1.807) is 19.2 Å². The molecule has 4 aromatic rings. The summed E-state index contributed by atoms with van der Waals surface area (Å²) in [6.45, 7) is 4.60. The first-order chi connectivity index (χ1) is 18.2. The van der Waals surface area contributed by atoms with Crippen molar-refractivity contribution in [2.45, 2.75) is 6.04 Å². The fourth-order valence-corrected chi connectivity index (χ4v) is 4.56. The normalized spacial score (nSPS) is 13.5. The number of amides is 1. The van der Waals surface area contributed by atoms with Gasteiger partial charge in [-0.05, 0) is 26.2 Å². The van der Waals surface area contributed by atoms with Crippen molar-refractivity contribution in [1.82, 2.24) is 19.9 Å². The highest BCUT2D eigenvalue weighted by atomic mass is 35.5. The molecule has 0 aliphatic carbocycles. The second-order valence-electron chi connectivity index (χ2n) is 9.21. The van der Waals surface area contributed by atoms with Gasteiger partial charge in [-0.15, -0.1) is 0 Å². The lowest BCUT2D eigenvalue weighted by atomic mass is 10.0. The molecule has 11 heteroatoms. The van der Waals surface area contributed by atoms with Gasteiger partial charge < -0.3 is 30.2 Å². The third-order valence-corrected chi connectivity index (χ3v) is 6.86. The van der Waals surface area contributed by atoms with Crippen molar-refractivity contribution >= 4 is 51.4 Å². The number of nitrogens with one attached hydrogen (secondary N) is 3. The van der Waals surface area contributed by atoms with Gasteiger partial charge in [-0.3, -0.25) is 4.79 Å². The number of anilines is 4. The maximum absolute atomic E-state index is 13.6. The van der Waals surface area contributed by atoms with Gasteiger partial charge in [0.1, 0.15) is 5.75 Å². The number of halogens is 2. The van der Waals surface area contributed by atoms with E-state index in [9.17, 15) is 9.18 Å². The van der Waals surface area contributed by atoms with E-state index >= 15 is 0 Å². The Labute approximate surface area is 224 Å². The summed E-state index contributed by atoms with van der Waals surface area (Å²) in [5, 5.41) is 7.14. The van der Waals surface area contributed by atoms with E-state index < -0.39 is 11.7 Å². The van der Waals surface area contributed by atoms with Crippen molar-refractivity contribution in [3.05, 3.63) is 66.2 Å². The summed E-state index contributed by atoms with van der Waals surface area (Å²) in [6, 6.07) is 11.7. The number of likely N-dealkylation sites (N-methyl/N-ethyl adjacent to an activating group) is 1. The molecule has 1 aliphatic rings. The Bertz CT molecular complexity index is 1530. The minimum absolute atomic E-state index is 0.268. The number of H-pyrrole nitrogens is 1. The quantitative estimate of drug-likeness (QED) is 0.267. The highest BCUT2D eigenvalue weighted by Crippen LogP contribution is 2.41. The van der Waals surface area contributed by atoms with Crippen molar-refractivity contribution in [1.29, 1.82) is 0 Å². The molecule has 0 unspecified atom stereocenters. The van der Waals surface area contributed by atoms with Gasteiger partial charge in [0.15, 0.2) is 5.83 Å². The second-order valence-corrected chi connectivity index (χ2v) is 9.62. The van der Waals surface area contributed by atoms with Crippen LogP contribution >= 0.6 is 11.6 Å². The molecule has 2 aromatic heterocycles. The summed E-state index contributed by atoms with van der Waals surface area (Å²) in [4.78, 5) is 28.6. The molecule has 1 saturated heterocycles. The summed E-state index contributed by atoms with van der Waals surface area (Å²) >= 11 is 6.48. The number of ether oxygens (including phenoxy) is 1. The predicted octanol–water partition coefficient (Wildman–Crippen LogP) is 5.20. The van der Waals surface area contributed by atoms with Crippen LogP contribution in [0.1, 0.15) is 0 Å². The molecule has 0 bridgehead atoms. The third-order valence-electron chi connectivity index (χ3n) is 6.58. The number of hydrogen-bond acceptors (Lipinski definition) is 7. The smallest absolute Gasteiger partial charge is 0.283 e. The summed E-state index contributed by atoms with van der Waals surface area (Å²) in [5.74, 6) is -1.24. The molecule has 5 rings (SSSR count). The van der Waals surface area contributed by atoms with Crippen LogP contribution in [-0.4, -0.2) is 66.1 Å². The molecule has 3 N–H and O–H groups in total. The molecule has 0 atom stereocenters. The van der Waals surface area contributed by atoms with Crippen LogP contribution in [-0.2, 0) is 4.79 Å². The monoisotopic (exact) mass is 535 g/mol. The van der Waals surface area contributed by atoms with Crippen molar-refractivity contribution in [3.8, 4) is 17.0 Å². The van der Waals surface area contributed by atoms with E-state index in [0.29, 0.717) is 39.6 Å². The molecule has 1 fully saturated rings. The fraction of sp³-hybridized carbons (Fsp3) is 0.222. The van der Waals surface area contributed by atoms with E-state index in [1.807, 2.05) is 44.6 Å². The van der Waals surface area contributed by atoms with Crippen LogP contribution in [0, 0.1) is 0 Å². The van der Waals surface area contributed by atoms with Gasteiger partial charge in [-0.2, -0.15) is 0 Å². The highest BCUT2D eigenvalue weighted by Gasteiger charge is 2.31.